The molecule has 0 bridgehead atoms. The number of piperidine rings is 1. The zero-order valence-electron chi connectivity index (χ0n) is 18.0. The summed E-state index contributed by atoms with van der Waals surface area (Å²) < 4.78 is 7.30. The third kappa shape index (κ3) is 4.19. The molecule has 5 rings (SSSR count). The van der Waals surface area contributed by atoms with Crippen molar-refractivity contribution in [2.75, 3.05) is 13.1 Å². The largest absolute Gasteiger partial charge is 0.339 e. The molecule has 0 saturated carbocycles. The molecule has 4 aromatic rings. The fourth-order valence-electron chi connectivity index (χ4n) is 4.32. The van der Waals surface area contributed by atoms with Crippen molar-refractivity contribution >= 4 is 5.91 Å². The molecule has 2 aromatic heterocycles. The summed E-state index contributed by atoms with van der Waals surface area (Å²) in [6, 6.07) is 17.5. The summed E-state index contributed by atoms with van der Waals surface area (Å²) in [4.78, 5) is 19.7. The van der Waals surface area contributed by atoms with Crippen LogP contribution in [-0.4, -0.2) is 43.8 Å². The molecule has 1 amide bonds. The topological polar surface area (TPSA) is 77.0 Å². The normalized spacial score (nSPS) is 16.3. The predicted octanol–water partition coefficient (Wildman–Crippen LogP) is 4.33. The lowest BCUT2D eigenvalue weighted by Gasteiger charge is -2.32. The Labute approximate surface area is 186 Å². The molecule has 1 saturated heterocycles. The van der Waals surface area contributed by atoms with Gasteiger partial charge >= 0.3 is 0 Å². The molecule has 7 nitrogen and oxygen atoms in total. The number of aromatic nitrogens is 4. The molecule has 3 heterocycles. The Morgan fingerprint density at radius 1 is 1.16 bits per heavy atom. The predicted molar refractivity (Wildman–Crippen MR) is 120 cm³/mol. The molecule has 0 radical (unpaired) electrons. The van der Waals surface area contributed by atoms with Crippen LogP contribution in [-0.2, 0) is 6.42 Å². The molecular formula is C25H25N5O2. The molecule has 1 aliphatic heterocycles. The minimum atomic E-state index is 0.0508. The summed E-state index contributed by atoms with van der Waals surface area (Å²) in [5.41, 5.74) is 3.66. The van der Waals surface area contributed by atoms with Crippen molar-refractivity contribution in [3.8, 4) is 17.1 Å². The van der Waals surface area contributed by atoms with E-state index in [0.29, 0.717) is 36.2 Å². The average Bonchev–Trinajstić information content (AvgIpc) is 3.52. The van der Waals surface area contributed by atoms with Crippen LogP contribution in [0.5, 0.6) is 0 Å². The van der Waals surface area contributed by atoms with Gasteiger partial charge in [0.2, 0.25) is 11.7 Å². The van der Waals surface area contributed by atoms with Crippen molar-refractivity contribution in [2.24, 2.45) is 5.92 Å². The van der Waals surface area contributed by atoms with E-state index in [2.05, 4.69) is 15.2 Å². The fourth-order valence-corrected chi connectivity index (χ4v) is 4.32. The van der Waals surface area contributed by atoms with Crippen LogP contribution < -0.4 is 0 Å². The third-order valence-corrected chi connectivity index (χ3v) is 5.99. The van der Waals surface area contributed by atoms with Crippen molar-refractivity contribution < 1.29 is 9.32 Å². The van der Waals surface area contributed by atoms with Crippen LogP contribution in [0.1, 0.15) is 34.7 Å². The molecule has 0 N–H and O–H groups in total. The first-order valence-corrected chi connectivity index (χ1v) is 11.0. The summed E-state index contributed by atoms with van der Waals surface area (Å²) in [5.74, 6) is 1.60. The number of hydrogen-bond donors (Lipinski definition) is 0. The average molecular weight is 428 g/mol. The molecule has 162 valence electrons. The Kier molecular flexibility index (Phi) is 5.54. The number of carbonyl (C=O) groups excluding carboxylic acids is 1. The first-order chi connectivity index (χ1) is 15.7. The Morgan fingerprint density at radius 2 is 2.06 bits per heavy atom. The lowest BCUT2D eigenvalue weighted by molar-refractivity contribution is 0.0668. The van der Waals surface area contributed by atoms with E-state index in [1.807, 2.05) is 72.6 Å². The third-order valence-electron chi connectivity index (χ3n) is 5.99. The van der Waals surface area contributed by atoms with Crippen molar-refractivity contribution in [1.29, 1.82) is 0 Å². The molecule has 2 aromatic carbocycles. The maximum atomic E-state index is 13.2. The number of rotatable bonds is 5. The number of amides is 1. The quantitative estimate of drug-likeness (QED) is 0.474. The van der Waals surface area contributed by atoms with Crippen molar-refractivity contribution in [1.82, 2.24) is 24.8 Å². The standard InChI is InChI=1S/C25H25N5O2/c1-18-7-2-3-11-22(18)24-27-23(32-28-24)15-19-8-5-13-29(17-19)25(31)20-9-4-10-21(16-20)30-14-6-12-26-30/h2-4,6-7,9-12,14,16,19H,5,8,13,15,17H2,1H3. The van der Waals surface area contributed by atoms with E-state index in [9.17, 15) is 4.79 Å². The number of aryl methyl sites for hydroxylation is 1. The van der Waals surface area contributed by atoms with Crippen LogP contribution in [0.3, 0.4) is 0 Å². The van der Waals surface area contributed by atoms with Gasteiger partial charge in [-0.2, -0.15) is 10.1 Å². The molecule has 7 heteroatoms. The van der Waals surface area contributed by atoms with Crippen LogP contribution in [0.2, 0.25) is 0 Å². The van der Waals surface area contributed by atoms with E-state index in [4.69, 9.17) is 4.52 Å². The SMILES string of the molecule is Cc1ccccc1-c1noc(CC2CCCN(C(=O)c3cccc(-n4cccn4)c3)C2)n1. The number of likely N-dealkylation sites (tertiary alicyclic amines) is 1. The highest BCUT2D eigenvalue weighted by Gasteiger charge is 2.26. The van der Waals surface area contributed by atoms with E-state index in [0.717, 1.165) is 36.2 Å². The minimum Gasteiger partial charge on any atom is -0.339 e. The monoisotopic (exact) mass is 427 g/mol. The Balaban J connectivity index is 1.27. The van der Waals surface area contributed by atoms with Gasteiger partial charge in [-0.3, -0.25) is 4.79 Å². The van der Waals surface area contributed by atoms with Crippen LogP contribution in [0.25, 0.3) is 17.1 Å². The van der Waals surface area contributed by atoms with Gasteiger partial charge in [0, 0.05) is 43.0 Å². The molecule has 0 spiro atoms. The van der Waals surface area contributed by atoms with Crippen molar-refractivity contribution in [3.05, 3.63) is 84.0 Å². The number of nitrogens with zero attached hydrogens (tertiary/aromatic N) is 5. The summed E-state index contributed by atoms with van der Waals surface area (Å²) in [6.07, 6.45) is 6.28. The molecule has 0 aliphatic carbocycles. The molecule has 1 atom stereocenters. The first-order valence-electron chi connectivity index (χ1n) is 11.0. The minimum absolute atomic E-state index is 0.0508. The van der Waals surface area contributed by atoms with Gasteiger partial charge < -0.3 is 9.42 Å². The highest BCUT2D eigenvalue weighted by atomic mass is 16.5. The van der Waals surface area contributed by atoms with E-state index < -0.39 is 0 Å². The van der Waals surface area contributed by atoms with Gasteiger partial charge in [-0.1, -0.05) is 35.5 Å². The van der Waals surface area contributed by atoms with Crippen molar-refractivity contribution in [2.45, 2.75) is 26.2 Å². The smallest absolute Gasteiger partial charge is 0.253 e. The van der Waals surface area contributed by atoms with E-state index >= 15 is 0 Å². The summed E-state index contributed by atoms with van der Waals surface area (Å²) in [7, 11) is 0. The van der Waals surface area contributed by atoms with Crippen LogP contribution in [0, 0.1) is 12.8 Å². The molecular weight excluding hydrogens is 402 g/mol. The Bertz CT molecular complexity index is 1210. The fraction of sp³-hybridized carbons (Fsp3) is 0.280. The van der Waals surface area contributed by atoms with Crippen LogP contribution >= 0.6 is 0 Å². The van der Waals surface area contributed by atoms with E-state index in [1.54, 1.807) is 10.9 Å². The zero-order valence-corrected chi connectivity index (χ0v) is 18.0. The van der Waals surface area contributed by atoms with E-state index in [-0.39, 0.29) is 5.91 Å². The Hall–Kier alpha value is -3.74. The lowest BCUT2D eigenvalue weighted by atomic mass is 9.94. The number of carbonyl (C=O) groups is 1. The lowest BCUT2D eigenvalue weighted by Crippen LogP contribution is -2.40. The summed E-state index contributed by atoms with van der Waals surface area (Å²) in [6.45, 7) is 3.49. The summed E-state index contributed by atoms with van der Waals surface area (Å²) >= 11 is 0. The van der Waals surface area contributed by atoms with Gasteiger partial charge in [0.1, 0.15) is 0 Å². The van der Waals surface area contributed by atoms with Crippen molar-refractivity contribution in [3.63, 3.8) is 0 Å². The molecule has 1 fully saturated rings. The summed E-state index contributed by atoms with van der Waals surface area (Å²) in [5, 5.41) is 8.43. The van der Waals surface area contributed by atoms with Gasteiger partial charge in [-0.15, -0.1) is 0 Å². The van der Waals surface area contributed by atoms with E-state index in [1.165, 1.54) is 0 Å². The maximum Gasteiger partial charge on any atom is 0.253 e. The number of hydrogen-bond acceptors (Lipinski definition) is 5. The van der Waals surface area contributed by atoms with Gasteiger partial charge in [-0.05, 0) is 55.5 Å². The molecule has 32 heavy (non-hydrogen) atoms. The van der Waals surface area contributed by atoms with Crippen LogP contribution in [0.4, 0.5) is 0 Å². The first kappa shape index (κ1) is 20.2. The van der Waals surface area contributed by atoms with Gasteiger partial charge in [0.05, 0.1) is 5.69 Å². The highest BCUT2D eigenvalue weighted by Crippen LogP contribution is 2.25. The number of benzene rings is 2. The molecule has 1 aliphatic rings. The van der Waals surface area contributed by atoms with Gasteiger partial charge in [0.25, 0.3) is 5.91 Å². The molecule has 1 unspecified atom stereocenters. The highest BCUT2D eigenvalue weighted by molar-refractivity contribution is 5.94. The second-order valence-corrected chi connectivity index (χ2v) is 8.29. The maximum absolute atomic E-state index is 13.2. The van der Waals surface area contributed by atoms with Crippen LogP contribution in [0.15, 0.2) is 71.5 Å². The second-order valence-electron chi connectivity index (χ2n) is 8.29. The Morgan fingerprint density at radius 3 is 2.91 bits per heavy atom. The van der Waals surface area contributed by atoms with Gasteiger partial charge in [-0.25, -0.2) is 4.68 Å². The van der Waals surface area contributed by atoms with Gasteiger partial charge in [0.15, 0.2) is 0 Å². The second kappa shape index (κ2) is 8.78. The zero-order chi connectivity index (χ0) is 21.9.